The third kappa shape index (κ3) is 4.35. The number of carbonyl (C=O) groups is 2. The molecule has 8 heteroatoms. The third-order valence-electron chi connectivity index (χ3n) is 4.72. The molecular weight excluding hydrogens is 390 g/mol. The first-order chi connectivity index (χ1) is 13.7. The molecule has 0 aliphatic rings. The van der Waals surface area contributed by atoms with Crippen molar-refractivity contribution in [1.82, 2.24) is 19.4 Å². The van der Waals surface area contributed by atoms with Crippen molar-refractivity contribution in [3.8, 4) is 0 Å². The minimum Gasteiger partial charge on any atom is -0.345 e. The number of carbonyl (C=O) groups excluding carboxylic acids is 2. The van der Waals surface area contributed by atoms with Gasteiger partial charge in [-0.15, -0.1) is 0 Å². The number of amides is 3. The van der Waals surface area contributed by atoms with Crippen molar-refractivity contribution < 1.29 is 9.59 Å². The summed E-state index contributed by atoms with van der Waals surface area (Å²) in [6.45, 7) is 2.24. The summed E-state index contributed by atoms with van der Waals surface area (Å²) < 4.78 is 1.92. The maximum absolute atomic E-state index is 12.6. The maximum atomic E-state index is 12.6. The molecule has 2 aromatic carbocycles. The quantitative estimate of drug-likeness (QED) is 0.705. The third-order valence-corrected chi connectivity index (χ3v) is 5.03. The summed E-state index contributed by atoms with van der Waals surface area (Å²) in [7, 11) is 7.01. The Morgan fingerprint density at radius 1 is 1.14 bits per heavy atom. The van der Waals surface area contributed by atoms with Crippen LogP contribution in [0.5, 0.6) is 0 Å². The van der Waals surface area contributed by atoms with E-state index in [1.165, 1.54) is 9.80 Å². The minimum absolute atomic E-state index is 0.0782. The first-order valence-electron chi connectivity index (χ1n) is 9.12. The van der Waals surface area contributed by atoms with E-state index in [0.717, 1.165) is 11.1 Å². The first-order valence-corrected chi connectivity index (χ1v) is 9.50. The lowest BCUT2D eigenvalue weighted by molar-refractivity contribution is 0.0827. The van der Waals surface area contributed by atoms with Crippen molar-refractivity contribution in [1.29, 1.82) is 0 Å². The Hall–Kier alpha value is -3.06. The van der Waals surface area contributed by atoms with E-state index in [1.807, 2.05) is 30.7 Å². The summed E-state index contributed by atoms with van der Waals surface area (Å²) in [5, 5.41) is 3.31. The molecule has 3 amide bonds. The molecule has 7 nitrogen and oxygen atoms in total. The molecule has 0 aliphatic heterocycles. The van der Waals surface area contributed by atoms with Gasteiger partial charge in [-0.25, -0.2) is 9.78 Å². The minimum atomic E-state index is -0.286. The van der Waals surface area contributed by atoms with Gasteiger partial charge in [-0.05, 0) is 42.8 Å². The molecule has 1 heterocycles. The zero-order chi connectivity index (χ0) is 21.3. The number of nitrogens with one attached hydrogen (secondary N) is 1. The van der Waals surface area contributed by atoms with Crippen molar-refractivity contribution in [2.24, 2.45) is 7.05 Å². The Labute approximate surface area is 174 Å². The number of benzene rings is 2. The first kappa shape index (κ1) is 20.7. The van der Waals surface area contributed by atoms with E-state index in [9.17, 15) is 9.59 Å². The average Bonchev–Trinajstić information content (AvgIpc) is 2.98. The second-order valence-electron chi connectivity index (χ2n) is 7.26. The van der Waals surface area contributed by atoms with Crippen molar-refractivity contribution in [2.75, 3.05) is 26.5 Å². The highest BCUT2D eigenvalue weighted by Crippen LogP contribution is 2.23. The summed E-state index contributed by atoms with van der Waals surface area (Å²) in [5.74, 6) is 0.632. The molecule has 0 atom stereocenters. The predicted molar refractivity (Wildman–Crippen MR) is 115 cm³/mol. The number of anilines is 1. The highest BCUT2D eigenvalue weighted by Gasteiger charge is 2.17. The topological polar surface area (TPSA) is 70.5 Å². The van der Waals surface area contributed by atoms with Gasteiger partial charge >= 0.3 is 6.03 Å². The molecule has 3 rings (SSSR count). The van der Waals surface area contributed by atoms with Gasteiger partial charge in [-0.1, -0.05) is 17.7 Å². The lowest BCUT2D eigenvalue weighted by Crippen LogP contribution is -2.31. The summed E-state index contributed by atoms with van der Waals surface area (Å²) >= 11 is 6.20. The molecule has 0 saturated heterocycles. The van der Waals surface area contributed by atoms with Gasteiger partial charge in [0, 0.05) is 33.8 Å². The monoisotopic (exact) mass is 413 g/mol. The largest absolute Gasteiger partial charge is 0.345 e. The lowest BCUT2D eigenvalue weighted by Gasteiger charge is -2.18. The summed E-state index contributed by atoms with van der Waals surface area (Å²) in [6, 6.07) is 10.6. The standard InChI is InChI=1S/C21H24ClN5O2/c1-13-6-8-16(15(22)10-13)24-21(29)26(4)12-19-23-17-11-14(20(28)25(2)3)7-9-18(17)27(19)5/h6-11H,12H2,1-5H3,(H,24,29). The summed E-state index contributed by atoms with van der Waals surface area (Å²) in [6.07, 6.45) is 0. The van der Waals surface area contributed by atoms with Gasteiger partial charge in [0.15, 0.2) is 0 Å². The van der Waals surface area contributed by atoms with Crippen LogP contribution in [0.25, 0.3) is 11.0 Å². The number of aromatic nitrogens is 2. The number of imidazole rings is 1. The van der Waals surface area contributed by atoms with E-state index in [-0.39, 0.29) is 11.9 Å². The van der Waals surface area contributed by atoms with Gasteiger partial charge in [0.25, 0.3) is 5.91 Å². The Morgan fingerprint density at radius 2 is 1.86 bits per heavy atom. The van der Waals surface area contributed by atoms with Crippen LogP contribution in [0.1, 0.15) is 21.7 Å². The number of fused-ring (bicyclic) bond motifs is 1. The van der Waals surface area contributed by atoms with Crippen LogP contribution in [-0.2, 0) is 13.6 Å². The Morgan fingerprint density at radius 3 is 2.52 bits per heavy atom. The second-order valence-corrected chi connectivity index (χ2v) is 7.67. The van der Waals surface area contributed by atoms with Crippen LogP contribution in [0, 0.1) is 6.92 Å². The maximum Gasteiger partial charge on any atom is 0.322 e. The van der Waals surface area contributed by atoms with Gasteiger partial charge in [0.1, 0.15) is 5.82 Å². The molecule has 1 aromatic heterocycles. The normalized spacial score (nSPS) is 10.8. The Kier molecular flexibility index (Phi) is 5.79. The van der Waals surface area contributed by atoms with Crippen molar-refractivity contribution in [3.05, 3.63) is 58.4 Å². The zero-order valence-corrected chi connectivity index (χ0v) is 17.9. The molecule has 3 aromatic rings. The molecule has 0 saturated carbocycles. The number of halogens is 1. The van der Waals surface area contributed by atoms with Gasteiger partial charge in [-0.2, -0.15) is 0 Å². The zero-order valence-electron chi connectivity index (χ0n) is 17.2. The lowest BCUT2D eigenvalue weighted by atomic mass is 10.2. The van der Waals surface area contributed by atoms with Crippen LogP contribution in [0.4, 0.5) is 10.5 Å². The average molecular weight is 414 g/mol. The number of aryl methyl sites for hydroxylation is 2. The van der Waals surface area contributed by atoms with Crippen LogP contribution >= 0.6 is 11.6 Å². The van der Waals surface area contributed by atoms with Crippen molar-refractivity contribution >= 4 is 40.3 Å². The summed E-state index contributed by atoms with van der Waals surface area (Å²) in [5.41, 5.74) is 3.77. The molecule has 1 N–H and O–H groups in total. The molecule has 0 radical (unpaired) electrons. The Balaban J connectivity index is 1.78. The molecule has 0 spiro atoms. The van der Waals surface area contributed by atoms with Gasteiger partial charge in [0.05, 0.1) is 28.3 Å². The number of hydrogen-bond acceptors (Lipinski definition) is 3. The molecule has 0 unspecified atom stereocenters. The fourth-order valence-corrected chi connectivity index (χ4v) is 3.28. The Bertz CT molecular complexity index is 1090. The van der Waals surface area contributed by atoms with E-state index in [0.29, 0.717) is 34.2 Å². The fraction of sp³-hybridized carbons (Fsp3) is 0.286. The molecule has 152 valence electrons. The molecule has 0 fully saturated rings. The predicted octanol–water partition coefficient (Wildman–Crippen LogP) is 3.90. The molecule has 29 heavy (non-hydrogen) atoms. The SMILES string of the molecule is Cc1ccc(NC(=O)N(C)Cc2nc3cc(C(=O)N(C)C)ccc3n2C)c(Cl)c1. The van der Waals surface area contributed by atoms with E-state index >= 15 is 0 Å². The van der Waals surface area contributed by atoms with Crippen LogP contribution in [-0.4, -0.2) is 52.4 Å². The number of urea groups is 1. The van der Waals surface area contributed by atoms with E-state index < -0.39 is 0 Å². The van der Waals surface area contributed by atoms with E-state index in [2.05, 4.69) is 10.3 Å². The second kappa shape index (κ2) is 8.13. The van der Waals surface area contributed by atoms with Gasteiger partial charge in [-0.3, -0.25) is 4.79 Å². The molecule has 0 aliphatic carbocycles. The highest BCUT2D eigenvalue weighted by molar-refractivity contribution is 6.33. The van der Waals surface area contributed by atoms with Gasteiger partial charge < -0.3 is 19.7 Å². The van der Waals surface area contributed by atoms with Crippen LogP contribution in [0.2, 0.25) is 5.02 Å². The fourth-order valence-electron chi connectivity index (χ4n) is 3.00. The van der Waals surface area contributed by atoms with Gasteiger partial charge in [0.2, 0.25) is 0 Å². The van der Waals surface area contributed by atoms with Crippen LogP contribution in [0.15, 0.2) is 36.4 Å². The molecule has 0 bridgehead atoms. The smallest absolute Gasteiger partial charge is 0.322 e. The number of nitrogens with zero attached hydrogens (tertiary/aromatic N) is 4. The highest BCUT2D eigenvalue weighted by atomic mass is 35.5. The van der Waals surface area contributed by atoms with Crippen molar-refractivity contribution in [2.45, 2.75) is 13.5 Å². The van der Waals surface area contributed by atoms with Crippen LogP contribution < -0.4 is 5.32 Å². The number of hydrogen-bond donors (Lipinski definition) is 1. The van der Waals surface area contributed by atoms with E-state index in [1.54, 1.807) is 45.4 Å². The van der Waals surface area contributed by atoms with Crippen LogP contribution in [0.3, 0.4) is 0 Å². The van der Waals surface area contributed by atoms with E-state index in [4.69, 9.17) is 11.6 Å². The summed E-state index contributed by atoms with van der Waals surface area (Å²) in [4.78, 5) is 32.4. The number of rotatable bonds is 4. The van der Waals surface area contributed by atoms with Crippen molar-refractivity contribution in [3.63, 3.8) is 0 Å². The molecular formula is C21H24ClN5O2.